The van der Waals surface area contributed by atoms with Gasteiger partial charge in [0.15, 0.2) is 0 Å². The first-order chi connectivity index (χ1) is 17.9. The third-order valence-electron chi connectivity index (χ3n) is 6.29. The van der Waals surface area contributed by atoms with Gasteiger partial charge < -0.3 is 20.3 Å². The number of para-hydroxylation sites is 2. The smallest absolute Gasteiger partial charge is 0.410 e. The molecule has 2 amide bonds. The molecule has 38 heavy (non-hydrogen) atoms. The third-order valence-corrected chi connectivity index (χ3v) is 6.92. The van der Waals surface area contributed by atoms with E-state index < -0.39 is 11.1 Å². The van der Waals surface area contributed by atoms with Gasteiger partial charge in [-0.2, -0.15) is 0 Å². The van der Waals surface area contributed by atoms with Crippen molar-refractivity contribution in [2.45, 2.75) is 45.8 Å². The van der Waals surface area contributed by atoms with Crippen LogP contribution in [0.4, 0.5) is 27.5 Å². The highest BCUT2D eigenvalue weighted by atomic mass is 79.9. The standard InChI is InChI=1S/C30H35BrN4O3/c1-29(2,3)38-28(37)35-18-17-34(20-30(35,4)5)26-16-15-22(19-24(26)31)33-27(36)23-13-9-10-14-25(23)32-21-11-7-6-8-12-21/h6-16,19,32H,17-18,20H2,1-5H3,(H,33,36). The van der Waals surface area contributed by atoms with E-state index in [2.05, 4.69) is 31.5 Å². The fraction of sp³-hybridized carbons (Fsp3) is 0.333. The quantitative estimate of drug-likeness (QED) is 0.332. The van der Waals surface area contributed by atoms with Crippen LogP contribution in [0, 0.1) is 0 Å². The summed E-state index contributed by atoms with van der Waals surface area (Å²) in [5.41, 5.74) is 2.94. The minimum absolute atomic E-state index is 0.198. The SMILES string of the molecule is CC(C)(C)OC(=O)N1CCN(c2ccc(NC(=O)c3ccccc3Nc3ccccc3)cc2Br)CC1(C)C. The van der Waals surface area contributed by atoms with Gasteiger partial charge in [-0.25, -0.2) is 4.79 Å². The summed E-state index contributed by atoms with van der Waals surface area (Å²) in [4.78, 5) is 30.0. The van der Waals surface area contributed by atoms with E-state index >= 15 is 0 Å². The minimum atomic E-state index is -0.536. The molecule has 1 aliphatic heterocycles. The van der Waals surface area contributed by atoms with Crippen molar-refractivity contribution in [3.63, 3.8) is 0 Å². The van der Waals surface area contributed by atoms with Gasteiger partial charge in [0.25, 0.3) is 5.91 Å². The van der Waals surface area contributed by atoms with Gasteiger partial charge in [0, 0.05) is 35.5 Å². The lowest BCUT2D eigenvalue weighted by atomic mass is 9.98. The molecule has 4 rings (SSSR count). The van der Waals surface area contributed by atoms with Gasteiger partial charge >= 0.3 is 6.09 Å². The summed E-state index contributed by atoms with van der Waals surface area (Å²) in [5.74, 6) is -0.198. The van der Waals surface area contributed by atoms with Crippen molar-refractivity contribution >= 4 is 50.7 Å². The molecule has 1 saturated heterocycles. The summed E-state index contributed by atoms with van der Waals surface area (Å²) in [5, 5.41) is 6.34. The zero-order chi connectivity index (χ0) is 27.5. The number of amides is 2. The number of hydrogen-bond donors (Lipinski definition) is 2. The average molecular weight is 580 g/mol. The predicted molar refractivity (Wildman–Crippen MR) is 157 cm³/mol. The van der Waals surface area contributed by atoms with Crippen molar-refractivity contribution in [3.8, 4) is 0 Å². The van der Waals surface area contributed by atoms with E-state index in [0.717, 1.165) is 21.5 Å². The summed E-state index contributed by atoms with van der Waals surface area (Å²) in [6, 6.07) is 23.0. The van der Waals surface area contributed by atoms with E-state index in [4.69, 9.17) is 4.74 Å². The van der Waals surface area contributed by atoms with Gasteiger partial charge in [-0.05, 0) is 93.0 Å². The maximum Gasteiger partial charge on any atom is 0.410 e. The summed E-state index contributed by atoms with van der Waals surface area (Å²) >= 11 is 3.70. The Balaban J connectivity index is 1.45. The number of benzene rings is 3. The molecule has 200 valence electrons. The lowest BCUT2D eigenvalue weighted by Crippen LogP contribution is -2.61. The van der Waals surface area contributed by atoms with Gasteiger partial charge in [0.05, 0.1) is 22.5 Å². The van der Waals surface area contributed by atoms with Crippen LogP contribution in [-0.4, -0.2) is 47.7 Å². The Bertz CT molecular complexity index is 1300. The fourth-order valence-corrected chi connectivity index (χ4v) is 5.15. The molecule has 0 spiro atoms. The summed E-state index contributed by atoms with van der Waals surface area (Å²) in [7, 11) is 0. The largest absolute Gasteiger partial charge is 0.444 e. The van der Waals surface area contributed by atoms with Crippen molar-refractivity contribution in [1.82, 2.24) is 4.90 Å². The van der Waals surface area contributed by atoms with E-state index in [-0.39, 0.29) is 12.0 Å². The first kappa shape index (κ1) is 27.5. The number of halogens is 1. The van der Waals surface area contributed by atoms with Crippen LogP contribution in [0.2, 0.25) is 0 Å². The Morgan fingerprint density at radius 2 is 1.61 bits per heavy atom. The van der Waals surface area contributed by atoms with E-state index in [1.54, 1.807) is 11.0 Å². The number of piperazine rings is 1. The molecule has 0 atom stereocenters. The molecule has 0 bridgehead atoms. The normalized spacial score (nSPS) is 15.1. The fourth-order valence-electron chi connectivity index (χ4n) is 4.52. The summed E-state index contributed by atoms with van der Waals surface area (Å²) in [6.07, 6.45) is -0.290. The van der Waals surface area contributed by atoms with Crippen LogP contribution < -0.4 is 15.5 Å². The summed E-state index contributed by atoms with van der Waals surface area (Å²) < 4.78 is 6.49. The van der Waals surface area contributed by atoms with Gasteiger partial charge in [-0.3, -0.25) is 9.69 Å². The highest BCUT2D eigenvalue weighted by Gasteiger charge is 2.39. The monoisotopic (exact) mass is 578 g/mol. The Hall–Kier alpha value is -3.52. The van der Waals surface area contributed by atoms with Crippen LogP contribution in [0.15, 0.2) is 77.3 Å². The molecule has 1 fully saturated rings. The first-order valence-corrected chi connectivity index (χ1v) is 13.5. The lowest BCUT2D eigenvalue weighted by Gasteiger charge is -2.48. The molecule has 2 N–H and O–H groups in total. The maximum absolute atomic E-state index is 13.2. The van der Waals surface area contributed by atoms with Gasteiger partial charge in [0.1, 0.15) is 5.60 Å². The topological polar surface area (TPSA) is 73.9 Å². The molecular formula is C30H35BrN4O3. The number of nitrogens with zero attached hydrogens (tertiary/aromatic N) is 2. The average Bonchev–Trinajstić information content (AvgIpc) is 2.83. The highest BCUT2D eigenvalue weighted by molar-refractivity contribution is 9.10. The van der Waals surface area contributed by atoms with Crippen molar-refractivity contribution < 1.29 is 14.3 Å². The molecule has 7 nitrogen and oxygen atoms in total. The van der Waals surface area contributed by atoms with Crippen LogP contribution in [-0.2, 0) is 4.74 Å². The number of hydrogen-bond acceptors (Lipinski definition) is 5. The number of carbonyl (C=O) groups excluding carboxylic acids is 2. The number of ether oxygens (including phenoxy) is 1. The van der Waals surface area contributed by atoms with Crippen molar-refractivity contribution in [1.29, 1.82) is 0 Å². The van der Waals surface area contributed by atoms with Crippen LogP contribution in [0.25, 0.3) is 0 Å². The van der Waals surface area contributed by atoms with Gasteiger partial charge in [-0.15, -0.1) is 0 Å². The van der Waals surface area contributed by atoms with E-state index in [0.29, 0.717) is 30.9 Å². The molecule has 0 saturated carbocycles. The number of carbonyl (C=O) groups is 2. The van der Waals surface area contributed by atoms with Crippen LogP contribution in [0.3, 0.4) is 0 Å². The Labute approximate surface area is 233 Å². The van der Waals surface area contributed by atoms with Crippen LogP contribution >= 0.6 is 15.9 Å². The first-order valence-electron chi connectivity index (χ1n) is 12.7. The third kappa shape index (κ3) is 6.67. The zero-order valence-electron chi connectivity index (χ0n) is 22.5. The molecule has 1 heterocycles. The molecule has 8 heteroatoms. The number of nitrogens with one attached hydrogen (secondary N) is 2. The molecule has 3 aromatic carbocycles. The molecule has 0 radical (unpaired) electrons. The van der Waals surface area contributed by atoms with Crippen LogP contribution in [0.5, 0.6) is 0 Å². The Morgan fingerprint density at radius 3 is 2.26 bits per heavy atom. The number of anilines is 4. The molecule has 3 aromatic rings. The lowest BCUT2D eigenvalue weighted by molar-refractivity contribution is 0.000359. The van der Waals surface area contributed by atoms with Crippen molar-refractivity contribution in [2.24, 2.45) is 0 Å². The molecule has 0 aliphatic carbocycles. The summed E-state index contributed by atoms with van der Waals surface area (Å²) in [6.45, 7) is 11.6. The molecule has 1 aliphatic rings. The van der Waals surface area contributed by atoms with E-state index in [1.165, 1.54) is 0 Å². The predicted octanol–water partition coefficient (Wildman–Crippen LogP) is 7.28. The second kappa shape index (κ2) is 11.1. The zero-order valence-corrected chi connectivity index (χ0v) is 24.1. The molecule has 0 unspecified atom stereocenters. The van der Waals surface area contributed by atoms with E-state index in [9.17, 15) is 9.59 Å². The maximum atomic E-state index is 13.2. The van der Waals surface area contributed by atoms with Crippen molar-refractivity contribution in [2.75, 3.05) is 35.2 Å². The van der Waals surface area contributed by atoms with Gasteiger partial charge in [0.2, 0.25) is 0 Å². The minimum Gasteiger partial charge on any atom is -0.444 e. The number of rotatable bonds is 5. The Kier molecular flexibility index (Phi) is 8.02. The van der Waals surface area contributed by atoms with Gasteiger partial charge in [-0.1, -0.05) is 30.3 Å². The van der Waals surface area contributed by atoms with Crippen LogP contribution in [0.1, 0.15) is 45.0 Å². The second-order valence-electron chi connectivity index (χ2n) is 11.0. The Morgan fingerprint density at radius 1 is 0.921 bits per heavy atom. The van der Waals surface area contributed by atoms with Crippen molar-refractivity contribution in [3.05, 3.63) is 82.8 Å². The molecule has 0 aromatic heterocycles. The van der Waals surface area contributed by atoms with E-state index in [1.807, 2.05) is 101 Å². The molecular weight excluding hydrogens is 544 g/mol. The second-order valence-corrected chi connectivity index (χ2v) is 11.9. The highest BCUT2D eigenvalue weighted by Crippen LogP contribution is 2.34.